The van der Waals surface area contributed by atoms with Gasteiger partial charge in [0.25, 0.3) is 0 Å². The Labute approximate surface area is 78.2 Å². The molecule has 0 spiro atoms. The minimum atomic E-state index is 0.208. The van der Waals surface area contributed by atoms with E-state index in [1.54, 1.807) is 19.4 Å². The second kappa shape index (κ2) is 5.43. The molecular weight excluding hydrogens is 164 g/mol. The van der Waals surface area contributed by atoms with Crippen molar-refractivity contribution >= 4 is 5.71 Å². The van der Waals surface area contributed by atoms with Gasteiger partial charge in [0.2, 0.25) is 0 Å². The van der Waals surface area contributed by atoms with E-state index in [1.807, 2.05) is 12.1 Å². The SMILES string of the molecule is CN=C(CCCO)c1cccnc1. The van der Waals surface area contributed by atoms with Crippen molar-refractivity contribution in [1.29, 1.82) is 0 Å². The molecule has 0 aromatic carbocycles. The van der Waals surface area contributed by atoms with Crippen LogP contribution < -0.4 is 0 Å². The lowest BCUT2D eigenvalue weighted by molar-refractivity contribution is 0.291. The van der Waals surface area contributed by atoms with Crippen LogP contribution in [0.25, 0.3) is 0 Å². The van der Waals surface area contributed by atoms with Crippen molar-refractivity contribution in [2.24, 2.45) is 4.99 Å². The zero-order chi connectivity index (χ0) is 9.52. The van der Waals surface area contributed by atoms with Gasteiger partial charge in [-0.15, -0.1) is 0 Å². The molecule has 0 amide bonds. The molecule has 1 aromatic rings. The van der Waals surface area contributed by atoms with Crippen molar-refractivity contribution in [2.45, 2.75) is 12.8 Å². The van der Waals surface area contributed by atoms with E-state index in [0.29, 0.717) is 0 Å². The largest absolute Gasteiger partial charge is 0.396 e. The van der Waals surface area contributed by atoms with Crippen LogP contribution in [0.3, 0.4) is 0 Å². The van der Waals surface area contributed by atoms with Gasteiger partial charge in [-0.3, -0.25) is 9.98 Å². The summed E-state index contributed by atoms with van der Waals surface area (Å²) >= 11 is 0. The van der Waals surface area contributed by atoms with Gasteiger partial charge < -0.3 is 5.11 Å². The first kappa shape index (κ1) is 9.86. The standard InChI is InChI=1S/C10H14N2O/c1-11-10(5-3-7-13)9-4-2-6-12-8-9/h2,4,6,8,13H,3,5,7H2,1H3. The first-order valence-corrected chi connectivity index (χ1v) is 4.35. The second-order valence-electron chi connectivity index (χ2n) is 2.74. The van der Waals surface area contributed by atoms with Crippen molar-refractivity contribution in [3.63, 3.8) is 0 Å². The molecule has 70 valence electrons. The lowest BCUT2D eigenvalue weighted by Gasteiger charge is -2.03. The Hall–Kier alpha value is -1.22. The van der Waals surface area contributed by atoms with E-state index >= 15 is 0 Å². The van der Waals surface area contributed by atoms with Crippen LogP contribution >= 0.6 is 0 Å². The molecule has 0 fully saturated rings. The van der Waals surface area contributed by atoms with Gasteiger partial charge >= 0.3 is 0 Å². The average Bonchev–Trinajstić information content (AvgIpc) is 2.21. The van der Waals surface area contributed by atoms with Crippen LogP contribution in [-0.4, -0.2) is 29.5 Å². The molecule has 1 heterocycles. The fourth-order valence-electron chi connectivity index (χ4n) is 1.17. The third-order valence-electron chi connectivity index (χ3n) is 1.84. The molecule has 1 N–H and O–H groups in total. The van der Waals surface area contributed by atoms with Crippen LogP contribution in [-0.2, 0) is 0 Å². The van der Waals surface area contributed by atoms with E-state index in [-0.39, 0.29) is 6.61 Å². The van der Waals surface area contributed by atoms with Crippen LogP contribution in [0.1, 0.15) is 18.4 Å². The molecular formula is C10H14N2O. The van der Waals surface area contributed by atoms with Gasteiger partial charge in [-0.25, -0.2) is 0 Å². The highest BCUT2D eigenvalue weighted by atomic mass is 16.2. The maximum absolute atomic E-state index is 8.69. The van der Waals surface area contributed by atoms with E-state index in [1.165, 1.54) is 0 Å². The van der Waals surface area contributed by atoms with Gasteiger partial charge in [0, 0.05) is 37.3 Å². The number of aliphatic hydroxyl groups is 1. The van der Waals surface area contributed by atoms with E-state index in [0.717, 1.165) is 24.1 Å². The highest BCUT2D eigenvalue weighted by Gasteiger charge is 2.00. The molecule has 0 saturated carbocycles. The maximum atomic E-state index is 8.69. The molecule has 0 saturated heterocycles. The number of hydrogen-bond donors (Lipinski definition) is 1. The van der Waals surface area contributed by atoms with Crippen molar-refractivity contribution in [1.82, 2.24) is 4.98 Å². The number of hydrogen-bond acceptors (Lipinski definition) is 3. The highest BCUT2D eigenvalue weighted by Crippen LogP contribution is 2.04. The Bertz CT molecular complexity index is 270. The van der Waals surface area contributed by atoms with Crippen LogP contribution in [0.4, 0.5) is 0 Å². The van der Waals surface area contributed by atoms with E-state index < -0.39 is 0 Å². The van der Waals surface area contributed by atoms with E-state index in [4.69, 9.17) is 5.11 Å². The van der Waals surface area contributed by atoms with E-state index in [9.17, 15) is 0 Å². The molecule has 0 atom stereocenters. The van der Waals surface area contributed by atoms with Crippen molar-refractivity contribution < 1.29 is 5.11 Å². The third-order valence-corrected chi connectivity index (χ3v) is 1.84. The average molecular weight is 178 g/mol. The fraction of sp³-hybridized carbons (Fsp3) is 0.400. The molecule has 1 rings (SSSR count). The molecule has 3 nitrogen and oxygen atoms in total. The predicted octanol–water partition coefficient (Wildman–Crippen LogP) is 1.27. The molecule has 0 bridgehead atoms. The van der Waals surface area contributed by atoms with Gasteiger partial charge in [0.05, 0.1) is 0 Å². The Morgan fingerprint density at radius 1 is 1.62 bits per heavy atom. The van der Waals surface area contributed by atoms with Crippen LogP contribution in [0.5, 0.6) is 0 Å². The molecule has 1 aromatic heterocycles. The van der Waals surface area contributed by atoms with Crippen LogP contribution in [0, 0.1) is 0 Å². The minimum Gasteiger partial charge on any atom is -0.396 e. The number of aliphatic imine (C=N–C) groups is 1. The summed E-state index contributed by atoms with van der Waals surface area (Å²) in [5, 5.41) is 8.69. The van der Waals surface area contributed by atoms with Crippen LogP contribution in [0.2, 0.25) is 0 Å². The summed E-state index contributed by atoms with van der Waals surface area (Å²) in [6, 6.07) is 3.87. The van der Waals surface area contributed by atoms with Crippen LogP contribution in [0.15, 0.2) is 29.5 Å². The topological polar surface area (TPSA) is 45.5 Å². The Kier molecular flexibility index (Phi) is 4.12. The minimum absolute atomic E-state index is 0.208. The quantitative estimate of drug-likeness (QED) is 0.706. The van der Waals surface area contributed by atoms with Crippen molar-refractivity contribution in [3.8, 4) is 0 Å². The van der Waals surface area contributed by atoms with Gasteiger partial charge in [-0.05, 0) is 18.9 Å². The normalized spacial score (nSPS) is 11.7. The fourth-order valence-corrected chi connectivity index (χ4v) is 1.17. The molecule has 0 aliphatic rings. The summed E-state index contributed by atoms with van der Waals surface area (Å²) in [7, 11) is 1.76. The molecule has 13 heavy (non-hydrogen) atoms. The zero-order valence-corrected chi connectivity index (χ0v) is 7.77. The number of aliphatic hydroxyl groups excluding tert-OH is 1. The summed E-state index contributed by atoms with van der Waals surface area (Å²) in [4.78, 5) is 8.18. The lowest BCUT2D eigenvalue weighted by Crippen LogP contribution is -2.02. The van der Waals surface area contributed by atoms with Crippen molar-refractivity contribution in [3.05, 3.63) is 30.1 Å². The van der Waals surface area contributed by atoms with Gasteiger partial charge in [0.15, 0.2) is 0 Å². The molecule has 0 radical (unpaired) electrons. The third kappa shape index (κ3) is 2.95. The number of pyridine rings is 1. The summed E-state index contributed by atoms with van der Waals surface area (Å²) in [5.41, 5.74) is 2.04. The Morgan fingerprint density at radius 2 is 2.46 bits per heavy atom. The second-order valence-corrected chi connectivity index (χ2v) is 2.74. The van der Waals surface area contributed by atoms with Gasteiger partial charge in [-0.2, -0.15) is 0 Å². The lowest BCUT2D eigenvalue weighted by atomic mass is 10.1. The summed E-state index contributed by atoms with van der Waals surface area (Å²) in [5.74, 6) is 0. The zero-order valence-electron chi connectivity index (χ0n) is 7.77. The molecule has 0 unspecified atom stereocenters. The summed E-state index contributed by atoms with van der Waals surface area (Å²) in [6.45, 7) is 0.208. The van der Waals surface area contributed by atoms with Crippen molar-refractivity contribution in [2.75, 3.05) is 13.7 Å². The molecule has 0 aliphatic carbocycles. The number of nitrogens with zero attached hydrogens (tertiary/aromatic N) is 2. The predicted molar refractivity (Wildman–Crippen MR) is 53.0 cm³/mol. The Morgan fingerprint density at radius 3 is 3.00 bits per heavy atom. The van der Waals surface area contributed by atoms with Gasteiger partial charge in [0.1, 0.15) is 0 Å². The Balaban J connectivity index is 2.69. The maximum Gasteiger partial charge on any atom is 0.0434 e. The first-order valence-electron chi connectivity index (χ1n) is 4.35. The summed E-state index contributed by atoms with van der Waals surface area (Å²) in [6.07, 6.45) is 5.09. The first-order chi connectivity index (χ1) is 6.38. The van der Waals surface area contributed by atoms with Gasteiger partial charge in [-0.1, -0.05) is 6.07 Å². The molecule has 3 heteroatoms. The number of rotatable bonds is 4. The van der Waals surface area contributed by atoms with E-state index in [2.05, 4.69) is 9.98 Å². The molecule has 0 aliphatic heterocycles. The highest BCUT2D eigenvalue weighted by molar-refractivity contribution is 6.00. The number of aromatic nitrogens is 1. The monoisotopic (exact) mass is 178 g/mol. The smallest absolute Gasteiger partial charge is 0.0434 e. The summed E-state index contributed by atoms with van der Waals surface area (Å²) < 4.78 is 0.